The predicted molar refractivity (Wildman–Crippen MR) is 51.4 cm³/mol. The van der Waals surface area contributed by atoms with Crippen molar-refractivity contribution in [3.8, 4) is 0 Å². The first-order valence-corrected chi connectivity index (χ1v) is 5.18. The highest BCUT2D eigenvalue weighted by Gasteiger charge is 2.47. The van der Waals surface area contributed by atoms with Gasteiger partial charge in [0.05, 0.1) is 6.54 Å². The molecule has 0 bridgehead atoms. The molecule has 1 spiro atoms. The van der Waals surface area contributed by atoms with Crippen molar-refractivity contribution in [2.24, 2.45) is 5.41 Å². The maximum Gasteiger partial charge on any atom is 0.233 e. The number of likely N-dealkylation sites (N-methyl/N-ethyl adjacent to an activating group) is 1. The Morgan fingerprint density at radius 2 is 2.15 bits per heavy atom. The molecule has 0 aromatic rings. The van der Waals surface area contributed by atoms with E-state index in [9.17, 15) is 4.79 Å². The molecule has 2 N–H and O–H groups in total. The van der Waals surface area contributed by atoms with Crippen LogP contribution in [-0.4, -0.2) is 25.5 Å². The lowest BCUT2D eigenvalue weighted by Crippen LogP contribution is -2.53. The zero-order chi connectivity index (χ0) is 9.31. The first-order chi connectivity index (χ1) is 6.24. The van der Waals surface area contributed by atoms with Crippen molar-refractivity contribution >= 4 is 5.91 Å². The van der Waals surface area contributed by atoms with Crippen LogP contribution in [0.1, 0.15) is 32.1 Å². The fourth-order valence-corrected chi connectivity index (χ4v) is 2.54. The Labute approximate surface area is 79.3 Å². The molecule has 2 aliphatic rings. The molecule has 0 aliphatic heterocycles. The van der Waals surface area contributed by atoms with Gasteiger partial charge in [0.25, 0.3) is 0 Å². The average Bonchev–Trinajstić information content (AvgIpc) is 1.98. The third-order valence-electron chi connectivity index (χ3n) is 3.60. The standard InChI is InChI=1S/C10H18N2O/c1-11-9(13)7-12-8-5-10(6-8)3-2-4-10/h8,12H,2-7H2,1H3,(H,11,13). The number of amides is 1. The molecule has 2 saturated carbocycles. The number of carbonyl (C=O) groups excluding carboxylic acids is 1. The van der Waals surface area contributed by atoms with E-state index in [0.717, 1.165) is 0 Å². The minimum atomic E-state index is 0.0922. The SMILES string of the molecule is CNC(=O)CNC1CC2(CCC2)C1. The fraction of sp³-hybridized carbons (Fsp3) is 0.900. The van der Waals surface area contributed by atoms with Gasteiger partial charge in [-0.2, -0.15) is 0 Å². The summed E-state index contributed by atoms with van der Waals surface area (Å²) in [5.41, 5.74) is 0.709. The largest absolute Gasteiger partial charge is 0.358 e. The van der Waals surface area contributed by atoms with Gasteiger partial charge in [-0.05, 0) is 31.1 Å². The summed E-state index contributed by atoms with van der Waals surface area (Å²) < 4.78 is 0. The quantitative estimate of drug-likeness (QED) is 0.673. The monoisotopic (exact) mass is 182 g/mol. The summed E-state index contributed by atoms with van der Waals surface area (Å²) in [7, 11) is 1.68. The van der Waals surface area contributed by atoms with E-state index in [1.165, 1.54) is 32.1 Å². The minimum Gasteiger partial charge on any atom is -0.358 e. The van der Waals surface area contributed by atoms with E-state index in [2.05, 4.69) is 10.6 Å². The van der Waals surface area contributed by atoms with Crippen LogP contribution in [0.5, 0.6) is 0 Å². The van der Waals surface area contributed by atoms with E-state index >= 15 is 0 Å². The molecule has 3 heteroatoms. The number of carbonyl (C=O) groups is 1. The molecule has 2 fully saturated rings. The third kappa shape index (κ3) is 1.70. The van der Waals surface area contributed by atoms with Gasteiger partial charge in [-0.25, -0.2) is 0 Å². The summed E-state index contributed by atoms with van der Waals surface area (Å²) in [6.45, 7) is 0.483. The summed E-state index contributed by atoms with van der Waals surface area (Å²) in [6, 6.07) is 0.609. The van der Waals surface area contributed by atoms with Crippen molar-refractivity contribution in [2.75, 3.05) is 13.6 Å². The Kier molecular flexibility index (Phi) is 2.28. The van der Waals surface area contributed by atoms with Crippen molar-refractivity contribution in [1.82, 2.24) is 10.6 Å². The smallest absolute Gasteiger partial charge is 0.233 e. The molecule has 0 aromatic carbocycles. The first-order valence-electron chi connectivity index (χ1n) is 5.18. The van der Waals surface area contributed by atoms with Gasteiger partial charge in [-0.1, -0.05) is 6.42 Å². The van der Waals surface area contributed by atoms with Crippen LogP contribution in [0.2, 0.25) is 0 Å². The second-order valence-corrected chi connectivity index (χ2v) is 4.51. The van der Waals surface area contributed by atoms with E-state index in [4.69, 9.17) is 0 Å². The highest BCUT2D eigenvalue weighted by atomic mass is 16.1. The molecule has 3 nitrogen and oxygen atoms in total. The van der Waals surface area contributed by atoms with Gasteiger partial charge in [0.15, 0.2) is 0 Å². The Balaban J connectivity index is 1.61. The second-order valence-electron chi connectivity index (χ2n) is 4.51. The lowest BCUT2D eigenvalue weighted by Gasteiger charge is -2.54. The van der Waals surface area contributed by atoms with Gasteiger partial charge in [0.2, 0.25) is 5.91 Å². The Hall–Kier alpha value is -0.570. The summed E-state index contributed by atoms with van der Waals surface area (Å²) in [6.07, 6.45) is 6.85. The molecular weight excluding hydrogens is 164 g/mol. The maximum absolute atomic E-state index is 10.9. The van der Waals surface area contributed by atoms with Crippen molar-refractivity contribution in [1.29, 1.82) is 0 Å². The molecule has 0 heterocycles. The molecule has 13 heavy (non-hydrogen) atoms. The van der Waals surface area contributed by atoms with Gasteiger partial charge in [0.1, 0.15) is 0 Å². The van der Waals surface area contributed by atoms with Gasteiger partial charge >= 0.3 is 0 Å². The average molecular weight is 182 g/mol. The molecule has 0 radical (unpaired) electrons. The van der Waals surface area contributed by atoms with Gasteiger partial charge < -0.3 is 10.6 Å². The molecule has 74 valence electrons. The fourth-order valence-electron chi connectivity index (χ4n) is 2.54. The molecule has 2 rings (SSSR count). The van der Waals surface area contributed by atoms with Crippen LogP contribution in [-0.2, 0) is 4.79 Å². The summed E-state index contributed by atoms with van der Waals surface area (Å²) >= 11 is 0. The van der Waals surface area contributed by atoms with Crippen molar-refractivity contribution in [2.45, 2.75) is 38.1 Å². The zero-order valence-electron chi connectivity index (χ0n) is 8.23. The maximum atomic E-state index is 10.9. The van der Waals surface area contributed by atoms with E-state index < -0.39 is 0 Å². The van der Waals surface area contributed by atoms with Gasteiger partial charge in [-0.15, -0.1) is 0 Å². The molecule has 2 aliphatic carbocycles. The van der Waals surface area contributed by atoms with Crippen LogP contribution >= 0.6 is 0 Å². The van der Waals surface area contributed by atoms with Crippen molar-refractivity contribution in [3.05, 3.63) is 0 Å². The number of rotatable bonds is 3. The van der Waals surface area contributed by atoms with Gasteiger partial charge in [0, 0.05) is 13.1 Å². The summed E-state index contributed by atoms with van der Waals surface area (Å²) in [5, 5.41) is 5.90. The molecule has 0 unspecified atom stereocenters. The molecule has 0 aromatic heterocycles. The van der Waals surface area contributed by atoms with Crippen molar-refractivity contribution < 1.29 is 4.79 Å². The van der Waals surface area contributed by atoms with Crippen LogP contribution in [0.25, 0.3) is 0 Å². The Morgan fingerprint density at radius 1 is 1.46 bits per heavy atom. The first kappa shape index (κ1) is 9.00. The van der Waals surface area contributed by atoms with Crippen LogP contribution < -0.4 is 10.6 Å². The zero-order valence-corrected chi connectivity index (χ0v) is 8.23. The Morgan fingerprint density at radius 3 is 2.62 bits per heavy atom. The van der Waals surface area contributed by atoms with Gasteiger partial charge in [-0.3, -0.25) is 4.79 Å². The van der Waals surface area contributed by atoms with E-state index in [0.29, 0.717) is 18.0 Å². The molecular formula is C10H18N2O. The highest BCUT2D eigenvalue weighted by molar-refractivity contribution is 5.77. The van der Waals surface area contributed by atoms with Crippen LogP contribution in [0.3, 0.4) is 0 Å². The van der Waals surface area contributed by atoms with E-state index in [1.54, 1.807) is 7.05 Å². The van der Waals surface area contributed by atoms with E-state index in [-0.39, 0.29) is 5.91 Å². The van der Waals surface area contributed by atoms with E-state index in [1.807, 2.05) is 0 Å². The normalized spacial score (nSPS) is 25.0. The topological polar surface area (TPSA) is 41.1 Å². The number of hydrogen-bond acceptors (Lipinski definition) is 2. The highest BCUT2D eigenvalue weighted by Crippen LogP contribution is 2.55. The molecule has 0 atom stereocenters. The summed E-state index contributed by atoms with van der Waals surface area (Å²) in [5.74, 6) is 0.0922. The molecule has 0 saturated heterocycles. The minimum absolute atomic E-state index is 0.0922. The van der Waals surface area contributed by atoms with Crippen LogP contribution in [0.4, 0.5) is 0 Å². The second kappa shape index (κ2) is 3.29. The van der Waals surface area contributed by atoms with Crippen LogP contribution in [0.15, 0.2) is 0 Å². The van der Waals surface area contributed by atoms with Crippen molar-refractivity contribution in [3.63, 3.8) is 0 Å². The lowest BCUT2D eigenvalue weighted by atomic mass is 9.54. The van der Waals surface area contributed by atoms with Crippen LogP contribution in [0, 0.1) is 5.41 Å². The third-order valence-corrected chi connectivity index (χ3v) is 3.60. The number of hydrogen-bond donors (Lipinski definition) is 2. The molecule has 1 amide bonds. The summed E-state index contributed by atoms with van der Waals surface area (Å²) in [4.78, 5) is 10.9. The lowest BCUT2D eigenvalue weighted by molar-refractivity contribution is -0.120. The predicted octanol–water partition coefficient (Wildman–Crippen LogP) is 0.655. The Bertz CT molecular complexity index is 203. The number of nitrogens with one attached hydrogen (secondary N) is 2.